The zero-order chi connectivity index (χ0) is 28.4. The maximum Gasteiger partial charge on any atom is -1.00 e. The molecule has 3 aromatic carbocycles. The van der Waals surface area contributed by atoms with Crippen LogP contribution in [0.25, 0.3) is 0 Å². The number of hydrogen-bond acceptors (Lipinski definition) is 0. The minimum Gasteiger partial charge on any atom is -1.00 e. The molecule has 4 rings (SSSR count). The van der Waals surface area contributed by atoms with Crippen LogP contribution in [0.4, 0.5) is 0 Å². The van der Waals surface area contributed by atoms with Crippen LogP contribution in [0.2, 0.25) is 3.34 Å². The van der Waals surface area contributed by atoms with Gasteiger partial charge >= 0.3 is 253 Å². The molecule has 0 saturated carbocycles. The largest absolute Gasteiger partial charge is 1.00 e. The van der Waals surface area contributed by atoms with Crippen LogP contribution >= 0.6 is 0 Å². The Hall–Kier alpha value is -1.06. The number of benzene rings is 3. The number of rotatable bonds is 10. The quantitative estimate of drug-likeness (QED) is 0.186. The van der Waals surface area contributed by atoms with Gasteiger partial charge in [-0.25, -0.2) is 0 Å². The summed E-state index contributed by atoms with van der Waals surface area (Å²) in [5.41, 5.74) is 11.7. The van der Waals surface area contributed by atoms with Gasteiger partial charge in [0.15, 0.2) is 0 Å². The number of halogens is 3. The van der Waals surface area contributed by atoms with Crippen molar-refractivity contribution in [2.24, 2.45) is 0 Å². The maximum atomic E-state index is 2.63. The molecule has 1 aliphatic carbocycles. The van der Waals surface area contributed by atoms with Gasteiger partial charge in [0.1, 0.15) is 0 Å². The van der Waals surface area contributed by atoms with Gasteiger partial charge in [-0.15, -0.1) is 0 Å². The zero-order valence-corrected chi connectivity index (χ0v) is 31.6. The smallest absolute Gasteiger partial charge is 1.00 e. The van der Waals surface area contributed by atoms with Crippen molar-refractivity contribution in [3.63, 3.8) is 0 Å². The van der Waals surface area contributed by atoms with Crippen molar-refractivity contribution in [3.8, 4) is 0 Å². The number of allylic oxidation sites excluding steroid dienone is 4. The summed E-state index contributed by atoms with van der Waals surface area (Å²) in [6.07, 6.45) is 11.5. The van der Waals surface area contributed by atoms with Gasteiger partial charge < -0.3 is 37.2 Å². The fraction of sp³-hybridized carbons (Fsp3) is 0.405. The van der Waals surface area contributed by atoms with Gasteiger partial charge in [-0.1, -0.05) is 0 Å². The standard InChI is InChI=1S/C37H47Si.3ClH.Ti/c1-9-28-17-29(10-2)21-34(20-28)38(37-16-26(7)15-27(37)8,35-22-30(11-3)18-31(12-4)23-35)36-24-32(13-5)19-33(14-6)25-36;;;;/h15-25H,9-14H2,1-8H3;3*1H;/q;;;;+3/p-3. The van der Waals surface area contributed by atoms with Crippen molar-refractivity contribution in [2.45, 2.75) is 97.3 Å². The molecule has 42 heavy (non-hydrogen) atoms. The summed E-state index contributed by atoms with van der Waals surface area (Å²) in [6, 6.07) is 22.9. The van der Waals surface area contributed by atoms with Gasteiger partial charge in [0.2, 0.25) is 0 Å². The first-order valence-electron chi connectivity index (χ1n) is 15.2. The summed E-state index contributed by atoms with van der Waals surface area (Å²) in [5.74, 6) is 0. The van der Waals surface area contributed by atoms with Crippen LogP contribution in [0.15, 0.2) is 77.9 Å². The van der Waals surface area contributed by atoms with Crippen molar-refractivity contribution in [1.82, 2.24) is 0 Å². The van der Waals surface area contributed by atoms with E-state index in [0.717, 1.165) is 38.5 Å². The van der Waals surface area contributed by atoms with Crippen LogP contribution < -0.4 is 52.8 Å². The fourth-order valence-corrected chi connectivity index (χ4v) is 15.1. The molecule has 1 unspecified atom stereocenters. The molecular weight excluding hydrogens is 627 g/mol. The van der Waals surface area contributed by atoms with Crippen LogP contribution in [-0.4, -0.2) is 8.07 Å². The molecule has 0 nitrogen and oxygen atoms in total. The van der Waals surface area contributed by atoms with Crippen LogP contribution in [0, 0.1) is 0 Å². The Balaban J connectivity index is 0.00000294. The van der Waals surface area contributed by atoms with Gasteiger partial charge in [0, 0.05) is 0 Å². The first-order chi connectivity index (χ1) is 18.7. The Morgan fingerprint density at radius 2 is 0.762 bits per heavy atom. The van der Waals surface area contributed by atoms with Crippen LogP contribution in [-0.2, 0) is 59.0 Å². The van der Waals surface area contributed by atoms with Gasteiger partial charge in [-0.2, -0.15) is 0 Å². The predicted molar refractivity (Wildman–Crippen MR) is 170 cm³/mol. The second-order valence-corrected chi connectivity index (χ2v) is 17.5. The third-order valence-electron chi connectivity index (χ3n) is 9.01. The number of aryl methyl sites for hydroxylation is 6. The van der Waals surface area contributed by atoms with E-state index >= 15 is 0 Å². The summed E-state index contributed by atoms with van der Waals surface area (Å²) in [4.78, 5) is 0. The van der Waals surface area contributed by atoms with Crippen LogP contribution in [0.5, 0.6) is 0 Å². The van der Waals surface area contributed by atoms with Gasteiger partial charge in [-0.05, 0) is 0 Å². The van der Waals surface area contributed by atoms with Gasteiger partial charge in [-0.3, -0.25) is 0 Å². The third kappa shape index (κ3) is 7.09. The SMILES string of the molecule is CCc1cc(CC)cc([Si](c2cc(CC)cc(CC)c2)(c2cc(CC)cc(CC)c2)[C]2([Ti+3])C=C(C)C=C2C)c1.[Cl-].[Cl-].[Cl-]. The first kappa shape index (κ1) is 39.0. The molecule has 1 aliphatic rings. The topological polar surface area (TPSA) is 0 Å². The molecule has 0 fully saturated rings. The summed E-state index contributed by atoms with van der Waals surface area (Å²) in [5, 5.41) is 4.72. The van der Waals surface area contributed by atoms with E-state index in [-0.39, 0.29) is 40.6 Å². The molecule has 0 heterocycles. The van der Waals surface area contributed by atoms with Crippen LogP contribution in [0.1, 0.15) is 88.8 Å². The monoisotopic (exact) mass is 672 g/mol. The summed E-state index contributed by atoms with van der Waals surface area (Å²) >= 11 is 2.57. The minimum atomic E-state index is -2.65. The fourth-order valence-electron chi connectivity index (χ4n) is 6.70. The van der Waals surface area contributed by atoms with E-state index in [1.165, 1.54) is 44.5 Å². The van der Waals surface area contributed by atoms with Crippen molar-refractivity contribution in [1.29, 1.82) is 0 Å². The third-order valence-corrected chi connectivity index (χ3v) is 16.8. The molecule has 224 valence electrons. The summed E-state index contributed by atoms with van der Waals surface area (Å²) in [6.45, 7) is 18.6. The van der Waals surface area contributed by atoms with E-state index in [0.29, 0.717) is 0 Å². The molecular formula is C37H47Cl3SiTi. The molecule has 0 amide bonds. The second-order valence-electron chi connectivity index (χ2n) is 11.5. The molecule has 0 aromatic heterocycles. The van der Waals surface area contributed by atoms with E-state index in [1.807, 2.05) is 0 Å². The van der Waals surface area contributed by atoms with Crippen molar-refractivity contribution in [2.75, 3.05) is 0 Å². The van der Waals surface area contributed by atoms with E-state index in [2.05, 4.69) is 143 Å². The molecule has 0 radical (unpaired) electrons. The molecule has 0 spiro atoms. The number of hydrogen-bond donors (Lipinski definition) is 0. The molecule has 5 heteroatoms. The summed E-state index contributed by atoms with van der Waals surface area (Å²) < 4.78 is -0.0663. The van der Waals surface area contributed by atoms with Crippen molar-refractivity contribution >= 4 is 23.6 Å². The maximum absolute atomic E-state index is 2.65. The molecule has 1 atom stereocenters. The van der Waals surface area contributed by atoms with Crippen LogP contribution in [0.3, 0.4) is 0 Å². The van der Waals surface area contributed by atoms with Crippen molar-refractivity contribution in [3.05, 3.63) is 111 Å². The Bertz CT molecular complexity index is 1220. The average molecular weight is 674 g/mol. The Morgan fingerprint density at radius 3 is 0.952 bits per heavy atom. The second kappa shape index (κ2) is 16.3. The molecule has 3 aromatic rings. The van der Waals surface area contributed by atoms with Gasteiger partial charge in [0.25, 0.3) is 0 Å². The normalized spacial score (nSPS) is 16.1. The zero-order valence-electron chi connectivity index (χ0n) is 26.7. The Kier molecular flexibility index (Phi) is 15.1. The molecule has 0 bridgehead atoms. The Labute approximate surface area is 287 Å². The first-order valence-corrected chi connectivity index (χ1v) is 18.0. The Morgan fingerprint density at radius 1 is 0.500 bits per heavy atom. The molecule has 0 saturated heterocycles. The van der Waals surface area contributed by atoms with E-state index in [4.69, 9.17) is 0 Å². The van der Waals surface area contributed by atoms with E-state index in [9.17, 15) is 0 Å². The molecule has 0 aliphatic heterocycles. The van der Waals surface area contributed by atoms with Gasteiger partial charge in [0.05, 0.1) is 0 Å². The van der Waals surface area contributed by atoms with E-state index in [1.54, 1.807) is 15.6 Å². The minimum absolute atomic E-state index is 0. The van der Waals surface area contributed by atoms with Crippen molar-refractivity contribution < 1.29 is 57.7 Å². The predicted octanol–water partition coefficient (Wildman–Crippen LogP) is -1.31. The summed E-state index contributed by atoms with van der Waals surface area (Å²) in [7, 11) is -2.65. The van der Waals surface area contributed by atoms with E-state index < -0.39 is 8.07 Å². The average Bonchev–Trinajstić information content (AvgIpc) is 3.23. The molecule has 0 N–H and O–H groups in total.